The minimum atomic E-state index is -1.04. The summed E-state index contributed by atoms with van der Waals surface area (Å²) in [7, 11) is 0. The summed E-state index contributed by atoms with van der Waals surface area (Å²) >= 11 is 6.15. The number of halogens is 3. The summed E-state index contributed by atoms with van der Waals surface area (Å²) in [6.45, 7) is 1.44. The van der Waals surface area contributed by atoms with E-state index in [2.05, 4.69) is 15.3 Å². The summed E-state index contributed by atoms with van der Waals surface area (Å²) in [4.78, 5) is 19.5. The number of aromatic amines is 1. The molecule has 0 spiro atoms. The standard InChI is InChI=1S/C20H14ClF2N3O2/c1-9(27)12-7-17(14(21)8-15(12)23)26-19-11-4-5-24-20(28)18(11)13-6-10(22)2-3-16(13)25-19/h2-9,27H,1H3,(H,24,28)(H,25,26). The molecule has 2 aromatic carbocycles. The molecule has 5 nitrogen and oxygen atoms in total. The molecule has 142 valence electrons. The van der Waals surface area contributed by atoms with E-state index < -0.39 is 23.3 Å². The molecular formula is C20H14ClF2N3O2. The Morgan fingerprint density at radius 1 is 1.18 bits per heavy atom. The molecule has 8 heteroatoms. The van der Waals surface area contributed by atoms with Crippen LogP contribution < -0.4 is 10.9 Å². The van der Waals surface area contributed by atoms with Crippen molar-refractivity contribution in [2.75, 3.05) is 5.32 Å². The zero-order chi connectivity index (χ0) is 20.0. The van der Waals surface area contributed by atoms with E-state index >= 15 is 0 Å². The maximum atomic E-state index is 14.0. The van der Waals surface area contributed by atoms with E-state index in [4.69, 9.17) is 11.6 Å². The van der Waals surface area contributed by atoms with Gasteiger partial charge in [-0.3, -0.25) is 4.79 Å². The van der Waals surface area contributed by atoms with Crippen LogP contribution >= 0.6 is 11.6 Å². The van der Waals surface area contributed by atoms with Gasteiger partial charge in [-0.2, -0.15) is 0 Å². The van der Waals surface area contributed by atoms with Crippen LogP contribution in [0.15, 0.2) is 47.4 Å². The molecule has 3 N–H and O–H groups in total. The van der Waals surface area contributed by atoms with Crippen LogP contribution in [0.1, 0.15) is 18.6 Å². The summed E-state index contributed by atoms with van der Waals surface area (Å²) in [5.41, 5.74) is 0.391. The highest BCUT2D eigenvalue weighted by molar-refractivity contribution is 6.33. The maximum Gasteiger partial charge on any atom is 0.256 e. The number of nitrogens with one attached hydrogen (secondary N) is 2. The van der Waals surface area contributed by atoms with Gasteiger partial charge >= 0.3 is 0 Å². The van der Waals surface area contributed by atoms with Crippen molar-refractivity contribution in [3.05, 3.63) is 75.2 Å². The van der Waals surface area contributed by atoms with Crippen LogP contribution in [0.3, 0.4) is 0 Å². The number of nitrogens with zero attached hydrogens (tertiary/aromatic N) is 1. The van der Waals surface area contributed by atoms with Gasteiger partial charge in [0.1, 0.15) is 17.5 Å². The molecule has 0 radical (unpaired) electrons. The Hall–Kier alpha value is -3.03. The van der Waals surface area contributed by atoms with Gasteiger partial charge in [0.05, 0.1) is 27.7 Å². The molecule has 1 atom stereocenters. The van der Waals surface area contributed by atoms with Crippen LogP contribution in [0.5, 0.6) is 0 Å². The number of hydrogen-bond acceptors (Lipinski definition) is 4. The first-order valence-corrected chi connectivity index (χ1v) is 8.77. The van der Waals surface area contributed by atoms with Gasteiger partial charge in [-0.1, -0.05) is 11.6 Å². The van der Waals surface area contributed by atoms with Gasteiger partial charge in [-0.25, -0.2) is 13.8 Å². The third-order valence-corrected chi connectivity index (χ3v) is 4.78. The third kappa shape index (κ3) is 3.08. The Balaban J connectivity index is 1.97. The fourth-order valence-electron chi connectivity index (χ4n) is 3.13. The Bertz CT molecular complexity index is 1290. The number of pyridine rings is 2. The van der Waals surface area contributed by atoms with Crippen LogP contribution in [0.2, 0.25) is 5.02 Å². The van der Waals surface area contributed by atoms with Crippen molar-refractivity contribution < 1.29 is 13.9 Å². The van der Waals surface area contributed by atoms with Gasteiger partial charge in [0.15, 0.2) is 0 Å². The molecule has 0 fully saturated rings. The number of aliphatic hydroxyl groups excluding tert-OH is 1. The first-order valence-electron chi connectivity index (χ1n) is 8.40. The van der Waals surface area contributed by atoms with E-state index in [9.17, 15) is 18.7 Å². The van der Waals surface area contributed by atoms with Crippen LogP contribution in [0, 0.1) is 11.6 Å². The number of fused-ring (bicyclic) bond motifs is 3. The fraction of sp³-hybridized carbons (Fsp3) is 0.100. The largest absolute Gasteiger partial charge is 0.389 e. The highest BCUT2D eigenvalue weighted by atomic mass is 35.5. The third-order valence-electron chi connectivity index (χ3n) is 4.47. The molecule has 0 aliphatic carbocycles. The minimum absolute atomic E-state index is 0.0666. The van der Waals surface area contributed by atoms with E-state index in [-0.39, 0.29) is 16.0 Å². The van der Waals surface area contributed by atoms with Crippen molar-refractivity contribution in [3.8, 4) is 0 Å². The maximum absolute atomic E-state index is 14.0. The number of hydrogen-bond donors (Lipinski definition) is 3. The second-order valence-corrected chi connectivity index (χ2v) is 6.78. The molecule has 28 heavy (non-hydrogen) atoms. The summed E-state index contributed by atoms with van der Waals surface area (Å²) in [5.74, 6) is -0.818. The van der Waals surface area contributed by atoms with Crippen molar-refractivity contribution in [2.45, 2.75) is 13.0 Å². The lowest BCUT2D eigenvalue weighted by Crippen LogP contribution is -2.08. The van der Waals surface area contributed by atoms with Gasteiger partial charge in [0.2, 0.25) is 0 Å². The summed E-state index contributed by atoms with van der Waals surface area (Å²) in [6.07, 6.45) is 0.417. The Morgan fingerprint density at radius 2 is 1.96 bits per heavy atom. The van der Waals surface area contributed by atoms with Gasteiger partial charge in [-0.15, -0.1) is 0 Å². The molecular weight excluding hydrogens is 388 g/mol. The van der Waals surface area contributed by atoms with Gasteiger partial charge in [0.25, 0.3) is 5.56 Å². The van der Waals surface area contributed by atoms with Crippen LogP contribution in [0.25, 0.3) is 21.7 Å². The molecule has 2 aromatic heterocycles. The van der Waals surface area contributed by atoms with Gasteiger partial charge < -0.3 is 15.4 Å². The number of aliphatic hydroxyl groups is 1. The SMILES string of the molecule is CC(O)c1cc(Nc2nc3ccc(F)cc3c3c(=O)[nH]ccc23)c(Cl)cc1F. The first-order chi connectivity index (χ1) is 13.3. The van der Waals surface area contributed by atoms with E-state index in [1.807, 2.05) is 0 Å². The van der Waals surface area contributed by atoms with E-state index in [0.29, 0.717) is 27.8 Å². The Kier molecular flexibility index (Phi) is 4.49. The molecule has 0 amide bonds. The van der Waals surface area contributed by atoms with E-state index in [1.165, 1.54) is 37.4 Å². The quantitative estimate of drug-likeness (QED) is 0.431. The Labute approximate surface area is 162 Å². The lowest BCUT2D eigenvalue weighted by Gasteiger charge is -2.15. The van der Waals surface area contributed by atoms with Crippen molar-refractivity contribution in [1.82, 2.24) is 9.97 Å². The monoisotopic (exact) mass is 401 g/mol. The highest BCUT2D eigenvalue weighted by Gasteiger charge is 2.16. The van der Waals surface area contributed by atoms with Crippen molar-refractivity contribution >= 4 is 44.8 Å². The lowest BCUT2D eigenvalue weighted by atomic mass is 10.1. The highest BCUT2D eigenvalue weighted by Crippen LogP contribution is 2.34. The number of aromatic nitrogens is 2. The van der Waals surface area contributed by atoms with Crippen molar-refractivity contribution in [2.24, 2.45) is 0 Å². The Morgan fingerprint density at radius 3 is 2.71 bits per heavy atom. The van der Waals surface area contributed by atoms with E-state index in [0.717, 1.165) is 6.07 Å². The number of H-pyrrole nitrogens is 1. The predicted molar refractivity (Wildman–Crippen MR) is 105 cm³/mol. The smallest absolute Gasteiger partial charge is 0.256 e. The average molecular weight is 402 g/mol. The molecule has 0 aliphatic heterocycles. The molecule has 4 aromatic rings. The minimum Gasteiger partial charge on any atom is -0.389 e. The number of rotatable bonds is 3. The van der Waals surface area contributed by atoms with Crippen LogP contribution in [0.4, 0.5) is 20.3 Å². The summed E-state index contributed by atoms with van der Waals surface area (Å²) < 4.78 is 27.7. The van der Waals surface area contributed by atoms with Gasteiger partial charge in [0, 0.05) is 22.5 Å². The zero-order valence-corrected chi connectivity index (χ0v) is 15.3. The molecule has 0 aliphatic rings. The van der Waals surface area contributed by atoms with Gasteiger partial charge in [-0.05, 0) is 43.3 Å². The number of anilines is 2. The summed E-state index contributed by atoms with van der Waals surface area (Å²) in [5, 5.41) is 13.9. The molecule has 0 bridgehead atoms. The normalized spacial score (nSPS) is 12.5. The van der Waals surface area contributed by atoms with E-state index in [1.54, 1.807) is 6.07 Å². The fourth-order valence-corrected chi connectivity index (χ4v) is 3.33. The molecule has 1 unspecified atom stereocenters. The summed E-state index contributed by atoms with van der Waals surface area (Å²) in [6, 6.07) is 8.08. The molecule has 4 rings (SSSR count). The molecule has 2 heterocycles. The molecule has 0 saturated carbocycles. The predicted octanol–water partition coefficient (Wildman–Crippen LogP) is 4.80. The lowest BCUT2D eigenvalue weighted by molar-refractivity contribution is 0.194. The second-order valence-electron chi connectivity index (χ2n) is 6.37. The zero-order valence-electron chi connectivity index (χ0n) is 14.6. The topological polar surface area (TPSA) is 78.0 Å². The van der Waals surface area contributed by atoms with Crippen molar-refractivity contribution in [3.63, 3.8) is 0 Å². The first kappa shape index (κ1) is 18.3. The molecule has 0 saturated heterocycles. The second kappa shape index (κ2) is 6.85. The average Bonchev–Trinajstić information content (AvgIpc) is 2.64. The van der Waals surface area contributed by atoms with Crippen LogP contribution in [-0.4, -0.2) is 15.1 Å². The van der Waals surface area contributed by atoms with Crippen LogP contribution in [-0.2, 0) is 0 Å². The van der Waals surface area contributed by atoms with Crippen molar-refractivity contribution in [1.29, 1.82) is 0 Å². The number of benzene rings is 2.